The molecule has 82 valence electrons. The second-order valence-corrected chi connectivity index (χ2v) is 4.37. The molecule has 1 rings (SSSR count). The molecule has 0 aromatic carbocycles. The standard InChI is InChI=1S/C10H20N2O2/c1-7(2)8-4-9(11)6-12(5-8)10(13)14-3/h7-9H,4-6,11H2,1-3H3. The summed E-state index contributed by atoms with van der Waals surface area (Å²) in [7, 11) is 1.41. The summed E-state index contributed by atoms with van der Waals surface area (Å²) in [5.41, 5.74) is 5.90. The molecule has 4 nitrogen and oxygen atoms in total. The predicted molar refractivity (Wildman–Crippen MR) is 54.9 cm³/mol. The van der Waals surface area contributed by atoms with E-state index in [-0.39, 0.29) is 12.1 Å². The Labute approximate surface area is 85.4 Å². The monoisotopic (exact) mass is 200 g/mol. The van der Waals surface area contributed by atoms with Gasteiger partial charge in [-0.05, 0) is 18.3 Å². The van der Waals surface area contributed by atoms with Crippen molar-refractivity contribution >= 4 is 6.09 Å². The van der Waals surface area contributed by atoms with Gasteiger partial charge in [-0.15, -0.1) is 0 Å². The first-order chi connectivity index (χ1) is 6.54. The highest BCUT2D eigenvalue weighted by molar-refractivity contribution is 5.67. The van der Waals surface area contributed by atoms with Crippen molar-refractivity contribution in [1.29, 1.82) is 0 Å². The first kappa shape index (κ1) is 11.3. The fraction of sp³-hybridized carbons (Fsp3) is 0.900. The number of nitrogens with two attached hydrogens (primary N) is 1. The van der Waals surface area contributed by atoms with Crippen LogP contribution < -0.4 is 5.73 Å². The van der Waals surface area contributed by atoms with Crippen LogP contribution in [-0.4, -0.2) is 37.2 Å². The van der Waals surface area contributed by atoms with Crippen LogP contribution in [0.4, 0.5) is 4.79 Å². The zero-order valence-electron chi connectivity index (χ0n) is 9.19. The molecular formula is C10H20N2O2. The van der Waals surface area contributed by atoms with E-state index in [4.69, 9.17) is 10.5 Å². The minimum atomic E-state index is -0.259. The van der Waals surface area contributed by atoms with Crippen molar-refractivity contribution < 1.29 is 9.53 Å². The molecule has 0 bridgehead atoms. The average molecular weight is 200 g/mol. The molecule has 1 amide bonds. The molecule has 1 fully saturated rings. The van der Waals surface area contributed by atoms with Gasteiger partial charge in [-0.3, -0.25) is 0 Å². The number of ether oxygens (including phenoxy) is 1. The van der Waals surface area contributed by atoms with E-state index < -0.39 is 0 Å². The number of nitrogens with zero attached hydrogens (tertiary/aromatic N) is 1. The topological polar surface area (TPSA) is 55.6 Å². The van der Waals surface area contributed by atoms with Gasteiger partial charge in [-0.25, -0.2) is 4.79 Å². The Kier molecular flexibility index (Phi) is 3.75. The Balaban J connectivity index is 2.58. The lowest BCUT2D eigenvalue weighted by Crippen LogP contribution is -2.50. The first-order valence-electron chi connectivity index (χ1n) is 5.13. The van der Waals surface area contributed by atoms with E-state index in [2.05, 4.69) is 13.8 Å². The zero-order valence-corrected chi connectivity index (χ0v) is 9.19. The maximum Gasteiger partial charge on any atom is 0.409 e. The number of carbonyl (C=O) groups is 1. The molecule has 14 heavy (non-hydrogen) atoms. The molecule has 0 aliphatic carbocycles. The predicted octanol–water partition coefficient (Wildman–Crippen LogP) is 1.06. The lowest BCUT2D eigenvalue weighted by Gasteiger charge is -2.37. The lowest BCUT2D eigenvalue weighted by molar-refractivity contribution is 0.0870. The Morgan fingerprint density at radius 3 is 2.64 bits per heavy atom. The fourth-order valence-electron chi connectivity index (χ4n) is 1.94. The van der Waals surface area contributed by atoms with Gasteiger partial charge in [0, 0.05) is 19.1 Å². The van der Waals surface area contributed by atoms with Gasteiger partial charge in [0.2, 0.25) is 0 Å². The summed E-state index contributed by atoms with van der Waals surface area (Å²) < 4.78 is 4.70. The van der Waals surface area contributed by atoms with Gasteiger partial charge in [0.25, 0.3) is 0 Å². The van der Waals surface area contributed by atoms with Gasteiger partial charge in [0.15, 0.2) is 0 Å². The van der Waals surface area contributed by atoms with Crippen molar-refractivity contribution in [3.8, 4) is 0 Å². The molecule has 0 aromatic rings. The van der Waals surface area contributed by atoms with Gasteiger partial charge in [-0.2, -0.15) is 0 Å². The largest absolute Gasteiger partial charge is 0.453 e. The number of piperidine rings is 1. The highest BCUT2D eigenvalue weighted by Crippen LogP contribution is 2.23. The van der Waals surface area contributed by atoms with E-state index >= 15 is 0 Å². The summed E-state index contributed by atoms with van der Waals surface area (Å²) in [6.45, 7) is 5.73. The van der Waals surface area contributed by atoms with Crippen LogP contribution in [0.25, 0.3) is 0 Å². The van der Waals surface area contributed by atoms with Gasteiger partial charge in [0.1, 0.15) is 0 Å². The maximum absolute atomic E-state index is 11.3. The van der Waals surface area contributed by atoms with Crippen LogP contribution in [-0.2, 0) is 4.74 Å². The molecule has 4 heteroatoms. The Morgan fingerprint density at radius 2 is 2.14 bits per heavy atom. The van der Waals surface area contributed by atoms with Gasteiger partial charge >= 0.3 is 6.09 Å². The van der Waals surface area contributed by atoms with E-state index in [1.165, 1.54) is 7.11 Å². The minimum Gasteiger partial charge on any atom is -0.453 e. The average Bonchev–Trinajstić information content (AvgIpc) is 2.15. The quantitative estimate of drug-likeness (QED) is 0.688. The zero-order chi connectivity index (χ0) is 10.7. The molecule has 2 unspecified atom stereocenters. The molecule has 0 saturated carbocycles. The number of hydrogen-bond donors (Lipinski definition) is 1. The van der Waals surface area contributed by atoms with Crippen LogP contribution in [0.1, 0.15) is 20.3 Å². The van der Waals surface area contributed by atoms with Crippen molar-refractivity contribution in [3.63, 3.8) is 0 Å². The highest BCUT2D eigenvalue weighted by atomic mass is 16.5. The van der Waals surface area contributed by atoms with E-state index in [0.29, 0.717) is 18.4 Å². The van der Waals surface area contributed by atoms with Crippen molar-refractivity contribution in [2.24, 2.45) is 17.6 Å². The Bertz CT molecular complexity index is 206. The summed E-state index contributed by atoms with van der Waals surface area (Å²) >= 11 is 0. The Hall–Kier alpha value is -0.770. The van der Waals surface area contributed by atoms with E-state index in [0.717, 1.165) is 13.0 Å². The fourth-order valence-corrected chi connectivity index (χ4v) is 1.94. The summed E-state index contributed by atoms with van der Waals surface area (Å²) in [4.78, 5) is 13.0. The minimum absolute atomic E-state index is 0.0928. The maximum atomic E-state index is 11.3. The Morgan fingerprint density at radius 1 is 1.50 bits per heavy atom. The molecule has 1 saturated heterocycles. The van der Waals surface area contributed by atoms with Crippen LogP contribution in [0, 0.1) is 11.8 Å². The number of likely N-dealkylation sites (tertiary alicyclic amines) is 1. The number of methoxy groups -OCH3 is 1. The third-order valence-electron chi connectivity index (χ3n) is 2.89. The number of hydrogen-bond acceptors (Lipinski definition) is 3. The van der Waals surface area contributed by atoms with Gasteiger partial charge in [0.05, 0.1) is 7.11 Å². The first-order valence-corrected chi connectivity index (χ1v) is 5.13. The summed E-state index contributed by atoms with van der Waals surface area (Å²) in [6, 6.07) is 0.0928. The number of rotatable bonds is 1. The molecule has 2 atom stereocenters. The molecule has 0 aromatic heterocycles. The molecule has 2 N–H and O–H groups in total. The third-order valence-corrected chi connectivity index (χ3v) is 2.89. The van der Waals surface area contributed by atoms with Crippen molar-refractivity contribution in [1.82, 2.24) is 4.90 Å². The molecule has 1 heterocycles. The van der Waals surface area contributed by atoms with E-state index in [1.54, 1.807) is 4.90 Å². The summed E-state index contributed by atoms with van der Waals surface area (Å²) in [5, 5.41) is 0. The summed E-state index contributed by atoms with van der Waals surface area (Å²) in [6.07, 6.45) is 0.747. The molecular weight excluding hydrogens is 180 g/mol. The number of amides is 1. The smallest absolute Gasteiger partial charge is 0.409 e. The van der Waals surface area contributed by atoms with Crippen molar-refractivity contribution in [3.05, 3.63) is 0 Å². The van der Waals surface area contributed by atoms with Crippen LogP contribution in [0.5, 0.6) is 0 Å². The van der Waals surface area contributed by atoms with E-state index in [1.807, 2.05) is 0 Å². The second kappa shape index (κ2) is 4.64. The molecule has 1 aliphatic rings. The van der Waals surface area contributed by atoms with Crippen LogP contribution in [0.2, 0.25) is 0 Å². The van der Waals surface area contributed by atoms with Crippen LogP contribution in [0.15, 0.2) is 0 Å². The number of carbonyl (C=O) groups excluding carboxylic acids is 1. The van der Waals surface area contributed by atoms with Crippen molar-refractivity contribution in [2.45, 2.75) is 26.3 Å². The van der Waals surface area contributed by atoms with Crippen LogP contribution in [0.3, 0.4) is 0 Å². The van der Waals surface area contributed by atoms with Crippen LogP contribution >= 0.6 is 0 Å². The second-order valence-electron chi connectivity index (χ2n) is 4.37. The molecule has 0 radical (unpaired) electrons. The lowest BCUT2D eigenvalue weighted by atomic mass is 9.86. The summed E-state index contributed by atoms with van der Waals surface area (Å²) in [5.74, 6) is 1.06. The van der Waals surface area contributed by atoms with Gasteiger partial charge < -0.3 is 15.4 Å². The van der Waals surface area contributed by atoms with Gasteiger partial charge in [-0.1, -0.05) is 13.8 Å². The normalized spacial score (nSPS) is 27.9. The molecule has 0 spiro atoms. The van der Waals surface area contributed by atoms with Crippen molar-refractivity contribution in [2.75, 3.05) is 20.2 Å². The highest BCUT2D eigenvalue weighted by Gasteiger charge is 2.29. The SMILES string of the molecule is COC(=O)N1CC(N)CC(C(C)C)C1. The molecule has 1 aliphatic heterocycles. The van der Waals surface area contributed by atoms with E-state index in [9.17, 15) is 4.79 Å². The third kappa shape index (κ3) is 2.61.